The van der Waals surface area contributed by atoms with Crippen LogP contribution in [-0.2, 0) is 17.9 Å². The van der Waals surface area contributed by atoms with Gasteiger partial charge < -0.3 is 15.4 Å². The molecule has 2 rings (SSSR count). The summed E-state index contributed by atoms with van der Waals surface area (Å²) in [7, 11) is 0. The Bertz CT molecular complexity index is 704. The van der Waals surface area contributed by atoms with E-state index in [0.717, 1.165) is 10.2 Å². The van der Waals surface area contributed by atoms with E-state index < -0.39 is 4.92 Å². The summed E-state index contributed by atoms with van der Waals surface area (Å²) in [5.41, 5.74) is 1.56. The molecule has 0 unspecified atom stereocenters. The maximum Gasteiger partial charge on any atom is 0.390 e. The number of carbonyl (C=O) groups excluding carboxylic acids is 1. The number of carbonyl (C=O) groups is 1. The minimum atomic E-state index is -0.535. The van der Waals surface area contributed by atoms with Crippen molar-refractivity contribution < 1.29 is 9.72 Å². The maximum atomic E-state index is 11.8. The number of nitrogens with zero attached hydrogens (tertiary/aromatic N) is 5. The molecule has 2 heterocycles. The number of nitrogens with one attached hydrogen (secondary N) is 1. The van der Waals surface area contributed by atoms with Gasteiger partial charge in [0.05, 0.1) is 33.6 Å². The lowest BCUT2D eigenvalue weighted by Crippen LogP contribution is -2.28. The zero-order valence-corrected chi connectivity index (χ0v) is 14.4. The van der Waals surface area contributed by atoms with Crippen LogP contribution in [0.15, 0.2) is 16.7 Å². The molecule has 0 aromatic carbocycles. The quantitative estimate of drug-likeness (QED) is 0.575. The summed E-state index contributed by atoms with van der Waals surface area (Å²) in [6.07, 6.45) is 2.14. The molecule has 1 N–H and O–H groups in total. The van der Waals surface area contributed by atoms with E-state index in [-0.39, 0.29) is 11.7 Å². The highest BCUT2D eigenvalue weighted by molar-refractivity contribution is 9.10. The monoisotopic (exact) mass is 384 g/mol. The molecule has 0 aliphatic rings. The van der Waals surface area contributed by atoms with Crippen LogP contribution < -0.4 is 5.32 Å². The van der Waals surface area contributed by atoms with E-state index in [4.69, 9.17) is 0 Å². The number of aromatic nitrogens is 4. The molecule has 0 aliphatic heterocycles. The van der Waals surface area contributed by atoms with E-state index in [9.17, 15) is 14.9 Å². The van der Waals surface area contributed by atoms with Crippen LogP contribution >= 0.6 is 15.9 Å². The molecule has 9 nitrogen and oxygen atoms in total. The topological polar surface area (TPSA) is 108 Å². The Balaban J connectivity index is 1.75. The SMILES string of the molecule is Cc1nn(CCC(=O)NCCn2nc([N+](=O)[O-])cc2C)cc1Br. The van der Waals surface area contributed by atoms with E-state index in [1.807, 2.05) is 13.1 Å². The second-order valence-electron chi connectivity index (χ2n) is 5.05. The summed E-state index contributed by atoms with van der Waals surface area (Å²) in [6.45, 7) is 4.86. The lowest BCUT2D eigenvalue weighted by Gasteiger charge is -2.05. The molecule has 10 heteroatoms. The molecule has 0 fully saturated rings. The Kier molecular flexibility index (Phi) is 5.48. The van der Waals surface area contributed by atoms with Gasteiger partial charge in [-0.3, -0.25) is 9.48 Å². The van der Waals surface area contributed by atoms with Crippen molar-refractivity contribution >= 4 is 27.7 Å². The molecule has 2 aromatic rings. The molecule has 124 valence electrons. The highest BCUT2D eigenvalue weighted by atomic mass is 79.9. The van der Waals surface area contributed by atoms with Crippen LogP contribution in [0.5, 0.6) is 0 Å². The maximum absolute atomic E-state index is 11.8. The van der Waals surface area contributed by atoms with Gasteiger partial charge in [0.2, 0.25) is 5.91 Å². The fraction of sp³-hybridized carbons (Fsp3) is 0.462. The first-order valence-corrected chi connectivity index (χ1v) is 7.81. The standard InChI is InChI=1S/C13H17BrN6O3/c1-9-7-12(20(22)23)17-19(9)6-4-15-13(21)3-5-18-8-11(14)10(2)16-18/h7-8H,3-6H2,1-2H3,(H,15,21). The molecule has 0 saturated carbocycles. The Morgan fingerprint density at radius 1 is 1.39 bits per heavy atom. The zero-order valence-electron chi connectivity index (χ0n) is 12.8. The molecule has 2 aromatic heterocycles. The highest BCUT2D eigenvalue weighted by Gasteiger charge is 2.15. The van der Waals surface area contributed by atoms with Crippen LogP contribution in [0.1, 0.15) is 17.8 Å². The summed E-state index contributed by atoms with van der Waals surface area (Å²) < 4.78 is 4.13. The van der Waals surface area contributed by atoms with E-state index in [1.165, 1.54) is 10.7 Å². The van der Waals surface area contributed by atoms with Gasteiger partial charge >= 0.3 is 5.82 Å². The lowest BCUT2D eigenvalue weighted by molar-refractivity contribution is -0.389. The number of aryl methyl sites for hydroxylation is 3. The second kappa shape index (κ2) is 7.36. The summed E-state index contributed by atoms with van der Waals surface area (Å²) >= 11 is 3.37. The fourth-order valence-corrected chi connectivity index (χ4v) is 2.34. The van der Waals surface area contributed by atoms with Gasteiger partial charge in [-0.15, -0.1) is 0 Å². The van der Waals surface area contributed by atoms with Gasteiger partial charge in [0.1, 0.15) is 0 Å². The summed E-state index contributed by atoms with van der Waals surface area (Å²) in [6, 6.07) is 1.40. The summed E-state index contributed by atoms with van der Waals surface area (Å²) in [5.74, 6) is -0.290. The smallest absolute Gasteiger partial charge is 0.358 e. The molecule has 0 spiro atoms. The van der Waals surface area contributed by atoms with Gasteiger partial charge in [-0.2, -0.15) is 9.78 Å². The minimum absolute atomic E-state index is 0.103. The normalized spacial score (nSPS) is 10.7. The van der Waals surface area contributed by atoms with Gasteiger partial charge in [0.25, 0.3) is 0 Å². The molecular weight excluding hydrogens is 368 g/mol. The van der Waals surface area contributed by atoms with Crippen molar-refractivity contribution in [2.45, 2.75) is 33.4 Å². The van der Waals surface area contributed by atoms with Crippen LogP contribution in [0.3, 0.4) is 0 Å². The predicted octanol–water partition coefficient (Wildman–Crippen LogP) is 1.57. The van der Waals surface area contributed by atoms with Crippen molar-refractivity contribution in [2.24, 2.45) is 0 Å². The van der Waals surface area contributed by atoms with E-state index in [2.05, 4.69) is 31.4 Å². The fourth-order valence-electron chi connectivity index (χ4n) is 2.02. The van der Waals surface area contributed by atoms with Gasteiger partial charge in [-0.05, 0) is 34.7 Å². The number of amides is 1. The first-order valence-electron chi connectivity index (χ1n) is 7.02. The molecule has 0 radical (unpaired) electrons. The molecule has 0 saturated heterocycles. The summed E-state index contributed by atoms with van der Waals surface area (Å²) in [5, 5.41) is 21.5. The Morgan fingerprint density at radius 3 is 2.70 bits per heavy atom. The van der Waals surface area contributed by atoms with E-state index >= 15 is 0 Å². The predicted molar refractivity (Wildman–Crippen MR) is 85.9 cm³/mol. The average Bonchev–Trinajstić information content (AvgIpc) is 3.01. The van der Waals surface area contributed by atoms with E-state index in [0.29, 0.717) is 31.7 Å². The molecule has 0 bridgehead atoms. The summed E-state index contributed by atoms with van der Waals surface area (Å²) in [4.78, 5) is 21.9. The van der Waals surface area contributed by atoms with Gasteiger partial charge in [0.15, 0.2) is 0 Å². The van der Waals surface area contributed by atoms with Gasteiger partial charge in [0, 0.05) is 25.7 Å². The zero-order chi connectivity index (χ0) is 17.0. The molecule has 1 amide bonds. The highest BCUT2D eigenvalue weighted by Crippen LogP contribution is 2.13. The Hall–Kier alpha value is -2.23. The van der Waals surface area contributed by atoms with E-state index in [1.54, 1.807) is 11.6 Å². The molecule has 0 atom stereocenters. The minimum Gasteiger partial charge on any atom is -0.358 e. The first kappa shape index (κ1) is 17.1. The Labute approximate surface area is 140 Å². The largest absolute Gasteiger partial charge is 0.390 e. The Morgan fingerprint density at radius 2 is 2.13 bits per heavy atom. The number of hydrogen-bond donors (Lipinski definition) is 1. The van der Waals surface area contributed by atoms with Crippen LogP contribution in [0.4, 0.5) is 5.82 Å². The number of hydrogen-bond acceptors (Lipinski definition) is 5. The van der Waals surface area contributed by atoms with Crippen molar-refractivity contribution in [1.82, 2.24) is 24.9 Å². The van der Waals surface area contributed by atoms with Crippen LogP contribution in [0, 0.1) is 24.0 Å². The number of rotatable bonds is 7. The average molecular weight is 385 g/mol. The third-order valence-corrected chi connectivity index (χ3v) is 4.03. The molecular formula is C13H17BrN6O3. The van der Waals surface area contributed by atoms with Crippen LogP contribution in [-0.4, -0.2) is 36.9 Å². The van der Waals surface area contributed by atoms with Crippen molar-refractivity contribution in [2.75, 3.05) is 6.54 Å². The lowest BCUT2D eigenvalue weighted by atomic mass is 10.4. The molecule has 0 aliphatic carbocycles. The third kappa shape index (κ3) is 4.62. The van der Waals surface area contributed by atoms with Gasteiger partial charge in [-0.1, -0.05) is 0 Å². The molecule has 23 heavy (non-hydrogen) atoms. The van der Waals surface area contributed by atoms with Crippen molar-refractivity contribution in [3.05, 3.63) is 38.2 Å². The van der Waals surface area contributed by atoms with Crippen LogP contribution in [0.25, 0.3) is 0 Å². The van der Waals surface area contributed by atoms with Crippen LogP contribution in [0.2, 0.25) is 0 Å². The number of nitro groups is 1. The van der Waals surface area contributed by atoms with Crippen molar-refractivity contribution in [3.63, 3.8) is 0 Å². The first-order chi connectivity index (χ1) is 10.9. The third-order valence-electron chi connectivity index (χ3n) is 3.26. The van der Waals surface area contributed by atoms with Crippen molar-refractivity contribution in [3.8, 4) is 0 Å². The van der Waals surface area contributed by atoms with Crippen molar-refractivity contribution in [1.29, 1.82) is 0 Å². The van der Waals surface area contributed by atoms with Gasteiger partial charge in [-0.25, -0.2) is 0 Å². The second-order valence-corrected chi connectivity index (χ2v) is 5.90. The number of halogens is 1.